The fraction of sp³-hybridized carbons (Fsp3) is 0.833. The van der Waals surface area contributed by atoms with Gasteiger partial charge in [-0.2, -0.15) is 0 Å². The summed E-state index contributed by atoms with van der Waals surface area (Å²) in [5, 5.41) is 10.3. The van der Waals surface area contributed by atoms with Crippen LogP contribution in [0.3, 0.4) is 0 Å². The van der Waals surface area contributed by atoms with Crippen LogP contribution in [0.5, 0.6) is 0 Å². The van der Waals surface area contributed by atoms with Crippen LogP contribution in [0.25, 0.3) is 0 Å². The molecular formula is C6H9F2NO2. The van der Waals surface area contributed by atoms with Crippen molar-refractivity contribution in [2.45, 2.75) is 24.8 Å². The highest BCUT2D eigenvalue weighted by atomic mass is 19.3. The van der Waals surface area contributed by atoms with Crippen molar-refractivity contribution < 1.29 is 18.7 Å². The van der Waals surface area contributed by atoms with E-state index >= 15 is 0 Å². The lowest BCUT2D eigenvalue weighted by atomic mass is 10.3. The van der Waals surface area contributed by atoms with E-state index < -0.39 is 24.5 Å². The van der Waals surface area contributed by atoms with E-state index in [0.29, 0.717) is 12.8 Å². The molecule has 0 saturated heterocycles. The Morgan fingerprint density at radius 3 is 2.45 bits per heavy atom. The van der Waals surface area contributed by atoms with Crippen LogP contribution >= 0.6 is 0 Å². The third-order valence-electron chi connectivity index (χ3n) is 1.74. The maximum atomic E-state index is 12.1. The summed E-state index contributed by atoms with van der Waals surface area (Å²) in [5.41, 5.74) is -1.32. The molecule has 0 spiro atoms. The summed E-state index contributed by atoms with van der Waals surface area (Å²) in [6, 6.07) is 0. The lowest BCUT2D eigenvalue weighted by Gasteiger charge is -2.14. The lowest BCUT2D eigenvalue weighted by Crippen LogP contribution is -2.43. The van der Waals surface area contributed by atoms with Gasteiger partial charge in [0.05, 0.1) is 0 Å². The number of halogens is 2. The highest BCUT2D eigenvalue weighted by Crippen LogP contribution is 2.40. The minimum atomic E-state index is -2.53. The molecule has 0 aromatic rings. The SMILES string of the molecule is O=C(CO)NC1(C(F)F)CC1. The van der Waals surface area contributed by atoms with Gasteiger partial charge in [0.1, 0.15) is 12.1 Å². The van der Waals surface area contributed by atoms with Crippen molar-refractivity contribution in [2.24, 2.45) is 0 Å². The van der Waals surface area contributed by atoms with Crippen LogP contribution in [0.2, 0.25) is 0 Å². The molecular weight excluding hydrogens is 156 g/mol. The van der Waals surface area contributed by atoms with Crippen molar-refractivity contribution in [3.05, 3.63) is 0 Å². The van der Waals surface area contributed by atoms with Crippen LogP contribution in [-0.4, -0.2) is 29.6 Å². The van der Waals surface area contributed by atoms with E-state index in [1.54, 1.807) is 0 Å². The second kappa shape index (κ2) is 2.73. The average molecular weight is 165 g/mol. The van der Waals surface area contributed by atoms with Crippen molar-refractivity contribution in [2.75, 3.05) is 6.61 Å². The van der Waals surface area contributed by atoms with E-state index in [0.717, 1.165) is 0 Å². The molecule has 1 fully saturated rings. The fourth-order valence-corrected chi connectivity index (χ4v) is 0.850. The Labute approximate surface area is 62.4 Å². The van der Waals surface area contributed by atoms with E-state index in [9.17, 15) is 13.6 Å². The molecule has 0 aromatic heterocycles. The second-order valence-electron chi connectivity index (χ2n) is 2.66. The molecule has 0 radical (unpaired) electrons. The lowest BCUT2D eigenvalue weighted by molar-refractivity contribution is -0.126. The quantitative estimate of drug-likeness (QED) is 0.613. The number of amides is 1. The number of hydrogen-bond acceptors (Lipinski definition) is 2. The molecule has 1 saturated carbocycles. The minimum absolute atomic E-state index is 0.302. The standard InChI is InChI=1S/C6H9F2NO2/c7-5(8)6(1-2-6)9-4(11)3-10/h5,10H,1-3H2,(H,9,11). The number of nitrogens with one attached hydrogen (secondary N) is 1. The molecule has 3 nitrogen and oxygen atoms in total. The first-order valence-electron chi connectivity index (χ1n) is 3.31. The molecule has 1 aliphatic rings. The molecule has 1 amide bonds. The van der Waals surface area contributed by atoms with E-state index in [4.69, 9.17) is 5.11 Å². The Hall–Kier alpha value is -0.710. The molecule has 2 N–H and O–H groups in total. The monoisotopic (exact) mass is 165 g/mol. The van der Waals surface area contributed by atoms with Crippen LogP contribution in [0, 0.1) is 0 Å². The normalized spacial score (nSPS) is 20.0. The van der Waals surface area contributed by atoms with Gasteiger partial charge in [-0.3, -0.25) is 4.79 Å². The molecule has 0 atom stereocenters. The number of carbonyl (C=O) groups is 1. The Kier molecular flexibility index (Phi) is 2.08. The Balaban J connectivity index is 2.41. The smallest absolute Gasteiger partial charge is 0.261 e. The summed E-state index contributed by atoms with van der Waals surface area (Å²) in [7, 11) is 0. The van der Waals surface area contributed by atoms with Crippen LogP contribution in [0.1, 0.15) is 12.8 Å². The molecule has 64 valence electrons. The predicted molar refractivity (Wildman–Crippen MR) is 33.2 cm³/mol. The zero-order valence-corrected chi connectivity index (χ0v) is 5.81. The summed E-state index contributed by atoms with van der Waals surface area (Å²) >= 11 is 0. The van der Waals surface area contributed by atoms with Crippen molar-refractivity contribution in [1.29, 1.82) is 0 Å². The second-order valence-corrected chi connectivity index (χ2v) is 2.66. The summed E-state index contributed by atoms with van der Waals surface area (Å²) in [6.07, 6.45) is -1.93. The predicted octanol–water partition coefficient (Wildman–Crippen LogP) is -0.107. The zero-order valence-electron chi connectivity index (χ0n) is 5.81. The maximum absolute atomic E-state index is 12.1. The largest absolute Gasteiger partial charge is 0.387 e. The van der Waals surface area contributed by atoms with Gasteiger partial charge >= 0.3 is 0 Å². The fourth-order valence-electron chi connectivity index (χ4n) is 0.850. The van der Waals surface area contributed by atoms with Gasteiger partial charge in [0.2, 0.25) is 5.91 Å². The molecule has 11 heavy (non-hydrogen) atoms. The first kappa shape index (κ1) is 8.39. The number of carbonyl (C=O) groups excluding carboxylic acids is 1. The van der Waals surface area contributed by atoms with Crippen molar-refractivity contribution in [1.82, 2.24) is 5.32 Å². The highest BCUT2D eigenvalue weighted by Gasteiger charge is 2.52. The summed E-state index contributed by atoms with van der Waals surface area (Å²) in [4.78, 5) is 10.5. The zero-order chi connectivity index (χ0) is 8.48. The summed E-state index contributed by atoms with van der Waals surface area (Å²) in [6.45, 7) is -0.728. The third kappa shape index (κ3) is 1.65. The Bertz CT molecular complexity index is 168. The van der Waals surface area contributed by atoms with Gasteiger partial charge in [-0.05, 0) is 12.8 Å². The molecule has 0 aliphatic heterocycles. The number of rotatable bonds is 3. The van der Waals surface area contributed by atoms with Crippen molar-refractivity contribution in [3.8, 4) is 0 Å². The first-order valence-corrected chi connectivity index (χ1v) is 3.31. The van der Waals surface area contributed by atoms with Gasteiger partial charge in [-0.15, -0.1) is 0 Å². The highest BCUT2D eigenvalue weighted by molar-refractivity contribution is 5.78. The molecule has 1 rings (SSSR count). The van der Waals surface area contributed by atoms with Gasteiger partial charge in [-0.25, -0.2) is 8.78 Å². The molecule has 0 bridgehead atoms. The van der Waals surface area contributed by atoms with Crippen LogP contribution in [-0.2, 0) is 4.79 Å². The average Bonchev–Trinajstić information content (AvgIpc) is 2.69. The molecule has 0 heterocycles. The van der Waals surface area contributed by atoms with E-state index in [2.05, 4.69) is 5.32 Å². The first-order chi connectivity index (χ1) is 5.10. The van der Waals surface area contributed by atoms with Gasteiger partial charge in [0, 0.05) is 0 Å². The van der Waals surface area contributed by atoms with Gasteiger partial charge in [-0.1, -0.05) is 0 Å². The molecule has 1 aliphatic carbocycles. The number of aliphatic hydroxyl groups is 1. The van der Waals surface area contributed by atoms with Crippen LogP contribution < -0.4 is 5.32 Å². The molecule has 5 heteroatoms. The minimum Gasteiger partial charge on any atom is -0.387 e. The Morgan fingerprint density at radius 1 is 1.64 bits per heavy atom. The van der Waals surface area contributed by atoms with Gasteiger partial charge in [0.25, 0.3) is 6.43 Å². The van der Waals surface area contributed by atoms with E-state index in [1.165, 1.54) is 0 Å². The number of alkyl halides is 2. The number of hydrogen-bond donors (Lipinski definition) is 2. The molecule has 0 unspecified atom stereocenters. The summed E-state index contributed by atoms with van der Waals surface area (Å²) in [5.74, 6) is -0.734. The van der Waals surface area contributed by atoms with E-state index in [1.807, 2.05) is 0 Å². The van der Waals surface area contributed by atoms with Crippen molar-refractivity contribution in [3.63, 3.8) is 0 Å². The summed E-state index contributed by atoms with van der Waals surface area (Å²) < 4.78 is 24.2. The Morgan fingerprint density at radius 2 is 2.18 bits per heavy atom. The molecule has 0 aromatic carbocycles. The van der Waals surface area contributed by atoms with E-state index in [-0.39, 0.29) is 0 Å². The van der Waals surface area contributed by atoms with Gasteiger partial charge < -0.3 is 10.4 Å². The topological polar surface area (TPSA) is 49.3 Å². The van der Waals surface area contributed by atoms with Crippen molar-refractivity contribution >= 4 is 5.91 Å². The number of aliphatic hydroxyl groups excluding tert-OH is 1. The van der Waals surface area contributed by atoms with Gasteiger partial charge in [0.15, 0.2) is 0 Å². The third-order valence-corrected chi connectivity index (χ3v) is 1.74. The van der Waals surface area contributed by atoms with Crippen LogP contribution in [0.15, 0.2) is 0 Å². The van der Waals surface area contributed by atoms with Crippen LogP contribution in [0.4, 0.5) is 8.78 Å². The maximum Gasteiger partial charge on any atom is 0.261 e.